The van der Waals surface area contributed by atoms with Crippen LogP contribution in [0.5, 0.6) is 0 Å². The molecule has 1 N–H and O–H groups in total. The van der Waals surface area contributed by atoms with Crippen molar-refractivity contribution in [3.8, 4) is 22.3 Å². The number of hydrogen-bond donors (Lipinski definition) is 1. The SMILES string of the molecule is C=CC.Cc1ccccc1/C=C\Cc1c2ccccc2c(-c2ccccccccc2-c2ccc(CC=N)cc2)c2ccccc12. The van der Waals surface area contributed by atoms with Crippen molar-refractivity contribution in [1.29, 1.82) is 5.41 Å². The highest BCUT2D eigenvalue weighted by Crippen LogP contribution is 2.42. The van der Waals surface area contributed by atoms with E-state index in [1.807, 2.05) is 6.92 Å². The first kappa shape index (κ1) is 31.9. The van der Waals surface area contributed by atoms with Gasteiger partial charge in [-0.2, -0.15) is 0 Å². The van der Waals surface area contributed by atoms with E-state index in [0.717, 1.165) is 17.5 Å². The van der Waals surface area contributed by atoms with Gasteiger partial charge in [0.15, 0.2) is 0 Å². The monoisotopic (exact) mass is 595 g/mol. The molecule has 0 aliphatic carbocycles. The first-order chi connectivity index (χ1) is 22.7. The van der Waals surface area contributed by atoms with Gasteiger partial charge in [-0.1, -0.05) is 164 Å². The van der Waals surface area contributed by atoms with Crippen LogP contribution in [-0.2, 0) is 12.8 Å². The highest BCUT2D eigenvalue weighted by molar-refractivity contribution is 6.16. The lowest BCUT2D eigenvalue weighted by molar-refractivity contribution is 1.33. The maximum atomic E-state index is 7.53. The fraction of sp³-hybridized carbons (Fsp3) is 0.0889. The smallest absolute Gasteiger partial charge is 0.00714 e. The van der Waals surface area contributed by atoms with Crippen molar-refractivity contribution in [3.05, 3.63) is 187 Å². The van der Waals surface area contributed by atoms with Crippen molar-refractivity contribution in [2.75, 3.05) is 0 Å². The van der Waals surface area contributed by atoms with Crippen LogP contribution >= 0.6 is 0 Å². The van der Waals surface area contributed by atoms with Gasteiger partial charge in [-0.3, -0.25) is 0 Å². The number of hydrogen-bond acceptors (Lipinski definition) is 1. The summed E-state index contributed by atoms with van der Waals surface area (Å²) in [6.07, 6.45) is 9.26. The van der Waals surface area contributed by atoms with E-state index < -0.39 is 0 Å². The Morgan fingerprint density at radius 2 is 1.07 bits per heavy atom. The molecule has 0 aliphatic rings. The minimum absolute atomic E-state index is 0.643. The van der Waals surface area contributed by atoms with Crippen LogP contribution in [0.2, 0.25) is 0 Å². The Kier molecular flexibility index (Phi) is 11.1. The Labute approximate surface area is 274 Å². The Balaban J connectivity index is 0.00000134. The first-order valence-corrected chi connectivity index (χ1v) is 15.9. The van der Waals surface area contributed by atoms with Crippen molar-refractivity contribution in [1.82, 2.24) is 0 Å². The molecule has 0 aromatic heterocycles. The Bertz CT molecular complexity index is 1990. The molecule has 6 aromatic rings. The van der Waals surface area contributed by atoms with E-state index in [0.29, 0.717) is 6.42 Å². The van der Waals surface area contributed by atoms with E-state index in [1.54, 1.807) is 6.08 Å². The quantitative estimate of drug-likeness (QED) is 0.108. The normalized spacial score (nSPS) is 10.7. The third-order valence-corrected chi connectivity index (χ3v) is 8.09. The molecule has 0 saturated heterocycles. The third kappa shape index (κ3) is 7.39. The van der Waals surface area contributed by atoms with Gasteiger partial charge in [0.25, 0.3) is 0 Å². The van der Waals surface area contributed by atoms with Gasteiger partial charge in [-0.25, -0.2) is 0 Å². The molecular formula is C45H41N. The van der Waals surface area contributed by atoms with Gasteiger partial charge < -0.3 is 5.41 Å². The van der Waals surface area contributed by atoms with E-state index in [4.69, 9.17) is 5.41 Å². The molecule has 6 rings (SSSR count). The lowest BCUT2D eigenvalue weighted by Crippen LogP contribution is -1.94. The van der Waals surface area contributed by atoms with Crippen LogP contribution in [0.1, 0.15) is 29.2 Å². The highest BCUT2D eigenvalue weighted by Gasteiger charge is 2.16. The molecule has 0 radical (unpaired) electrons. The Hall–Kier alpha value is -5.53. The average molecular weight is 596 g/mol. The zero-order valence-electron chi connectivity index (χ0n) is 26.8. The summed E-state index contributed by atoms with van der Waals surface area (Å²) < 4.78 is 0. The van der Waals surface area contributed by atoms with E-state index in [-0.39, 0.29) is 0 Å². The van der Waals surface area contributed by atoms with Crippen molar-refractivity contribution < 1.29 is 0 Å². The van der Waals surface area contributed by atoms with Gasteiger partial charge in [0, 0.05) is 6.42 Å². The second-order valence-electron chi connectivity index (χ2n) is 11.2. The molecule has 0 amide bonds. The summed E-state index contributed by atoms with van der Waals surface area (Å²) in [7, 11) is 0. The van der Waals surface area contributed by atoms with E-state index in [9.17, 15) is 0 Å². The molecule has 0 bridgehead atoms. The molecule has 6 aromatic carbocycles. The second-order valence-corrected chi connectivity index (χ2v) is 11.2. The number of rotatable bonds is 7. The van der Waals surface area contributed by atoms with Gasteiger partial charge >= 0.3 is 0 Å². The van der Waals surface area contributed by atoms with Gasteiger partial charge in [0.05, 0.1) is 0 Å². The molecule has 0 spiro atoms. The molecule has 1 heteroatoms. The number of aryl methyl sites for hydroxylation is 1. The molecule has 0 heterocycles. The summed E-state index contributed by atoms with van der Waals surface area (Å²) in [4.78, 5) is 0. The Morgan fingerprint density at radius 1 is 0.565 bits per heavy atom. The van der Waals surface area contributed by atoms with E-state index >= 15 is 0 Å². The molecule has 226 valence electrons. The third-order valence-electron chi connectivity index (χ3n) is 8.09. The summed E-state index contributed by atoms with van der Waals surface area (Å²) in [5, 5.41) is 12.6. The molecule has 1 nitrogen and oxygen atoms in total. The topological polar surface area (TPSA) is 23.9 Å². The largest absolute Gasteiger partial charge is 0.313 e. The molecule has 0 atom stereocenters. The summed E-state index contributed by atoms with van der Waals surface area (Å²) in [6.45, 7) is 7.41. The standard InChI is InChI=1S/C42H35N.C3H6/c1-31-15-8-9-16-33(31)17-14-24-36-37-19-10-12-22-40(37)42(41-23-13-11-20-38(36)41)39-21-7-5-3-2-4-6-18-35(39)34-27-25-32(26-28-34)29-30-43;1-3-2/h2-23,25-28,30,43H,24,29H2,1H3;3H,1H2,2H3/b3-2?,4-2?,5-3?,6-4?,7-5?,17-14-,18-6?,21-7?,35-18?,39-21?,39-35?,43-30?;. The zero-order valence-corrected chi connectivity index (χ0v) is 26.8. The molecule has 0 fully saturated rings. The number of benzene rings is 5. The minimum Gasteiger partial charge on any atom is -0.313 e. The van der Waals surface area contributed by atoms with Gasteiger partial charge in [0.2, 0.25) is 0 Å². The molecule has 0 aliphatic heterocycles. The van der Waals surface area contributed by atoms with Gasteiger partial charge in [-0.15, -0.1) is 6.58 Å². The van der Waals surface area contributed by atoms with Crippen molar-refractivity contribution in [2.24, 2.45) is 0 Å². The maximum Gasteiger partial charge on any atom is 0.00714 e. The van der Waals surface area contributed by atoms with Crippen LogP contribution in [0.25, 0.3) is 49.9 Å². The van der Waals surface area contributed by atoms with Crippen LogP contribution in [0, 0.1) is 12.3 Å². The Morgan fingerprint density at radius 3 is 1.65 bits per heavy atom. The molecule has 46 heavy (non-hydrogen) atoms. The summed E-state index contributed by atoms with van der Waals surface area (Å²) >= 11 is 0. The zero-order chi connectivity index (χ0) is 32.1. The van der Waals surface area contributed by atoms with Gasteiger partial charge in [0.1, 0.15) is 0 Å². The summed E-state index contributed by atoms with van der Waals surface area (Å²) in [5.41, 5.74) is 9.78. The molecule has 0 unspecified atom stereocenters. The first-order valence-electron chi connectivity index (χ1n) is 15.9. The van der Waals surface area contributed by atoms with Crippen LogP contribution < -0.4 is 0 Å². The number of nitrogens with one attached hydrogen (secondary N) is 1. The van der Waals surface area contributed by atoms with Gasteiger partial charge in [-0.05, 0) is 92.5 Å². The second kappa shape index (κ2) is 16.0. The van der Waals surface area contributed by atoms with Crippen LogP contribution in [-0.4, -0.2) is 6.21 Å². The predicted molar refractivity (Wildman–Crippen MR) is 202 cm³/mol. The summed E-state index contributed by atoms with van der Waals surface area (Å²) in [5.74, 6) is 0. The lowest BCUT2D eigenvalue weighted by atomic mass is 9.85. The number of allylic oxidation sites excluding steroid dienone is 2. The van der Waals surface area contributed by atoms with E-state index in [2.05, 4.69) is 171 Å². The predicted octanol–water partition coefficient (Wildman–Crippen LogP) is 12.4. The maximum absolute atomic E-state index is 7.53. The minimum atomic E-state index is 0.643. The van der Waals surface area contributed by atoms with Crippen molar-refractivity contribution >= 4 is 33.8 Å². The lowest BCUT2D eigenvalue weighted by Gasteiger charge is -2.18. The van der Waals surface area contributed by atoms with Crippen LogP contribution in [0.15, 0.2) is 164 Å². The van der Waals surface area contributed by atoms with Crippen LogP contribution in [0.4, 0.5) is 0 Å². The van der Waals surface area contributed by atoms with Crippen LogP contribution in [0.3, 0.4) is 0 Å². The fourth-order valence-electron chi connectivity index (χ4n) is 5.95. The van der Waals surface area contributed by atoms with Crippen molar-refractivity contribution in [3.63, 3.8) is 0 Å². The average Bonchev–Trinajstić information content (AvgIpc) is 3.08. The van der Waals surface area contributed by atoms with E-state index in [1.165, 1.54) is 61.1 Å². The highest BCUT2D eigenvalue weighted by atomic mass is 14.3. The van der Waals surface area contributed by atoms with Crippen molar-refractivity contribution in [2.45, 2.75) is 26.7 Å². The molecule has 0 saturated carbocycles. The number of fused-ring (bicyclic) bond motifs is 2. The molecular weight excluding hydrogens is 555 g/mol. The fourth-order valence-corrected chi connectivity index (χ4v) is 5.95. The summed E-state index contributed by atoms with van der Waals surface area (Å²) in [6, 6.07) is 51.9.